The third-order valence-corrected chi connectivity index (χ3v) is 2.65. The molecule has 0 saturated heterocycles. The number of nitrogens with zero attached hydrogens (tertiary/aromatic N) is 5. The zero-order valence-electron chi connectivity index (χ0n) is 10.2. The molecule has 0 aliphatic carbocycles. The lowest BCUT2D eigenvalue weighted by Crippen LogP contribution is -2.18. The van der Waals surface area contributed by atoms with Crippen LogP contribution in [0.4, 0.5) is 0 Å². The van der Waals surface area contributed by atoms with Crippen LogP contribution in [0.5, 0.6) is 0 Å². The number of hydrogen-bond donors (Lipinski definition) is 1. The van der Waals surface area contributed by atoms with Crippen molar-refractivity contribution in [3.63, 3.8) is 0 Å². The first-order valence-electron chi connectivity index (χ1n) is 5.82. The Morgan fingerprint density at radius 2 is 2.29 bits per heavy atom. The van der Waals surface area contributed by atoms with Gasteiger partial charge < -0.3 is 5.73 Å². The lowest BCUT2D eigenvalue weighted by molar-refractivity contribution is 0.542. The zero-order valence-corrected chi connectivity index (χ0v) is 10.2. The average molecular weight is 234 g/mol. The van der Waals surface area contributed by atoms with Crippen LogP contribution in [-0.2, 0) is 20.0 Å². The summed E-state index contributed by atoms with van der Waals surface area (Å²) in [5.41, 5.74) is 7.00. The van der Waals surface area contributed by atoms with Gasteiger partial charge in [-0.25, -0.2) is 4.98 Å². The molecule has 17 heavy (non-hydrogen) atoms. The van der Waals surface area contributed by atoms with Crippen molar-refractivity contribution < 1.29 is 0 Å². The van der Waals surface area contributed by atoms with Crippen molar-refractivity contribution in [1.82, 2.24) is 24.5 Å². The van der Waals surface area contributed by atoms with E-state index in [1.165, 1.54) is 0 Å². The minimum atomic E-state index is -0.129. The van der Waals surface area contributed by atoms with Gasteiger partial charge >= 0.3 is 0 Å². The van der Waals surface area contributed by atoms with Gasteiger partial charge in [0.1, 0.15) is 12.2 Å². The van der Waals surface area contributed by atoms with E-state index in [9.17, 15) is 0 Å². The molecule has 0 aliphatic heterocycles. The predicted molar refractivity (Wildman–Crippen MR) is 64.2 cm³/mol. The summed E-state index contributed by atoms with van der Waals surface area (Å²) >= 11 is 0. The Bertz CT molecular complexity index is 472. The summed E-state index contributed by atoms with van der Waals surface area (Å²) in [7, 11) is 1.88. The summed E-state index contributed by atoms with van der Waals surface area (Å²) in [6, 6.07) is 1.81. The van der Waals surface area contributed by atoms with Crippen LogP contribution in [0, 0.1) is 0 Å². The maximum absolute atomic E-state index is 6.11. The first-order valence-corrected chi connectivity index (χ1v) is 5.82. The molecule has 0 fully saturated rings. The molecule has 0 bridgehead atoms. The summed E-state index contributed by atoms with van der Waals surface area (Å²) in [5.74, 6) is 0.921. The highest BCUT2D eigenvalue weighted by Gasteiger charge is 2.13. The van der Waals surface area contributed by atoms with E-state index in [1.54, 1.807) is 11.0 Å². The van der Waals surface area contributed by atoms with Gasteiger partial charge in [-0.1, -0.05) is 6.92 Å². The van der Waals surface area contributed by atoms with Gasteiger partial charge in [0.05, 0.1) is 11.7 Å². The van der Waals surface area contributed by atoms with Crippen molar-refractivity contribution in [1.29, 1.82) is 0 Å². The second-order valence-electron chi connectivity index (χ2n) is 4.12. The molecule has 1 atom stereocenters. The Morgan fingerprint density at radius 3 is 2.94 bits per heavy atom. The molecule has 92 valence electrons. The fourth-order valence-corrected chi connectivity index (χ4v) is 1.78. The molecule has 6 heteroatoms. The molecular weight excluding hydrogens is 216 g/mol. The van der Waals surface area contributed by atoms with Gasteiger partial charge in [0.25, 0.3) is 0 Å². The minimum absolute atomic E-state index is 0.129. The van der Waals surface area contributed by atoms with Crippen LogP contribution in [0.3, 0.4) is 0 Å². The van der Waals surface area contributed by atoms with Gasteiger partial charge in [-0.05, 0) is 12.5 Å². The molecule has 0 aromatic carbocycles. The molecule has 0 amide bonds. The third kappa shape index (κ3) is 2.71. The molecule has 2 N–H and O–H groups in total. The molecule has 2 rings (SSSR count). The lowest BCUT2D eigenvalue weighted by Gasteiger charge is -2.09. The SMILES string of the molecule is CCCn1ncnc1CC(N)c1ccn(C)n1. The minimum Gasteiger partial charge on any atom is -0.322 e. The quantitative estimate of drug-likeness (QED) is 0.825. The average Bonchev–Trinajstić information content (AvgIpc) is 2.89. The van der Waals surface area contributed by atoms with Gasteiger partial charge in [-0.2, -0.15) is 10.2 Å². The van der Waals surface area contributed by atoms with E-state index >= 15 is 0 Å². The van der Waals surface area contributed by atoms with E-state index < -0.39 is 0 Å². The third-order valence-electron chi connectivity index (χ3n) is 2.65. The van der Waals surface area contributed by atoms with Gasteiger partial charge in [-0.15, -0.1) is 0 Å². The van der Waals surface area contributed by atoms with E-state index in [0.717, 1.165) is 24.5 Å². The van der Waals surface area contributed by atoms with Crippen LogP contribution in [0.1, 0.15) is 30.9 Å². The molecule has 0 aliphatic rings. The fourth-order valence-electron chi connectivity index (χ4n) is 1.78. The standard InChI is InChI=1S/C11H18N6/c1-3-5-17-11(13-8-14-17)7-9(12)10-4-6-16(2)15-10/h4,6,8-9H,3,5,7,12H2,1-2H3. The lowest BCUT2D eigenvalue weighted by atomic mass is 10.1. The van der Waals surface area contributed by atoms with Gasteiger partial charge in [-0.3, -0.25) is 9.36 Å². The van der Waals surface area contributed by atoms with Crippen molar-refractivity contribution in [3.05, 3.63) is 30.1 Å². The first kappa shape index (κ1) is 11.8. The fraction of sp³-hybridized carbons (Fsp3) is 0.545. The number of aromatic nitrogens is 5. The normalized spacial score (nSPS) is 12.9. The number of rotatable bonds is 5. The van der Waals surface area contributed by atoms with E-state index in [2.05, 4.69) is 22.1 Å². The maximum Gasteiger partial charge on any atom is 0.138 e. The van der Waals surface area contributed by atoms with Crippen molar-refractivity contribution in [2.75, 3.05) is 0 Å². The summed E-state index contributed by atoms with van der Waals surface area (Å²) in [6.45, 7) is 2.99. The smallest absolute Gasteiger partial charge is 0.138 e. The monoisotopic (exact) mass is 234 g/mol. The molecule has 2 aromatic rings. The summed E-state index contributed by atoms with van der Waals surface area (Å²) in [6.07, 6.45) is 5.17. The Kier molecular flexibility index (Phi) is 3.53. The maximum atomic E-state index is 6.11. The van der Waals surface area contributed by atoms with Gasteiger partial charge in [0.15, 0.2) is 0 Å². The van der Waals surface area contributed by atoms with E-state index in [-0.39, 0.29) is 6.04 Å². The second-order valence-corrected chi connectivity index (χ2v) is 4.12. The largest absolute Gasteiger partial charge is 0.322 e. The van der Waals surface area contributed by atoms with Crippen molar-refractivity contribution in [3.8, 4) is 0 Å². The molecule has 0 saturated carbocycles. The number of nitrogens with two attached hydrogens (primary N) is 1. The van der Waals surface area contributed by atoms with E-state index in [4.69, 9.17) is 5.73 Å². The molecule has 6 nitrogen and oxygen atoms in total. The van der Waals surface area contributed by atoms with Crippen molar-refractivity contribution in [2.24, 2.45) is 12.8 Å². The zero-order chi connectivity index (χ0) is 12.3. The van der Waals surface area contributed by atoms with Gasteiger partial charge in [0, 0.05) is 26.2 Å². The molecule has 0 spiro atoms. The van der Waals surface area contributed by atoms with Crippen LogP contribution in [0.15, 0.2) is 18.6 Å². The van der Waals surface area contributed by atoms with Crippen LogP contribution in [0.25, 0.3) is 0 Å². The number of aryl methyl sites for hydroxylation is 2. The summed E-state index contributed by atoms with van der Waals surface area (Å²) in [5, 5.41) is 8.48. The van der Waals surface area contributed by atoms with Gasteiger partial charge in [0.2, 0.25) is 0 Å². The topological polar surface area (TPSA) is 74.6 Å². The number of hydrogen-bond acceptors (Lipinski definition) is 4. The highest BCUT2D eigenvalue weighted by molar-refractivity contribution is 5.07. The van der Waals surface area contributed by atoms with Crippen molar-refractivity contribution >= 4 is 0 Å². The van der Waals surface area contributed by atoms with Crippen LogP contribution >= 0.6 is 0 Å². The van der Waals surface area contributed by atoms with Crippen LogP contribution < -0.4 is 5.73 Å². The van der Waals surface area contributed by atoms with Crippen LogP contribution in [-0.4, -0.2) is 24.5 Å². The molecule has 0 radical (unpaired) electrons. The molecule has 1 unspecified atom stereocenters. The molecule has 2 heterocycles. The van der Waals surface area contributed by atoms with Crippen molar-refractivity contribution in [2.45, 2.75) is 32.4 Å². The summed E-state index contributed by atoms with van der Waals surface area (Å²) < 4.78 is 3.66. The van der Waals surface area contributed by atoms with Crippen LogP contribution in [0.2, 0.25) is 0 Å². The second kappa shape index (κ2) is 5.09. The molecular formula is C11H18N6. The highest BCUT2D eigenvalue weighted by Crippen LogP contribution is 2.12. The Labute approximate surface area is 100 Å². The summed E-state index contributed by atoms with van der Waals surface area (Å²) in [4.78, 5) is 4.24. The van der Waals surface area contributed by atoms with E-state index in [0.29, 0.717) is 6.42 Å². The molecule has 2 aromatic heterocycles. The Balaban J connectivity index is 2.07. The first-order chi connectivity index (χ1) is 8.20. The Hall–Kier alpha value is -1.69. The van der Waals surface area contributed by atoms with E-state index in [1.807, 2.05) is 24.0 Å². The predicted octanol–water partition coefficient (Wildman–Crippen LogP) is 0.664. The Morgan fingerprint density at radius 1 is 1.47 bits per heavy atom. The highest BCUT2D eigenvalue weighted by atomic mass is 15.3.